The smallest absolute Gasteiger partial charge is 0.337 e. The van der Waals surface area contributed by atoms with Crippen LogP contribution in [0.3, 0.4) is 0 Å². The summed E-state index contributed by atoms with van der Waals surface area (Å²) >= 11 is 13.7. The van der Waals surface area contributed by atoms with E-state index in [2.05, 4.69) is 9.88 Å². The predicted octanol–water partition coefficient (Wildman–Crippen LogP) is 5.87. The lowest BCUT2D eigenvalue weighted by Gasteiger charge is -2.50. The highest BCUT2D eigenvalue weighted by atomic mass is 35.5. The Hall–Kier alpha value is -3.18. The maximum atomic E-state index is 14.2. The van der Waals surface area contributed by atoms with Crippen LogP contribution in [-0.4, -0.2) is 80.4 Å². The van der Waals surface area contributed by atoms with E-state index in [4.69, 9.17) is 37.8 Å². The van der Waals surface area contributed by atoms with E-state index in [1.165, 1.54) is 4.68 Å². The van der Waals surface area contributed by atoms with E-state index in [-0.39, 0.29) is 25.7 Å². The Morgan fingerprint density at radius 1 is 1.20 bits per heavy atom. The summed E-state index contributed by atoms with van der Waals surface area (Å²) in [6.45, 7) is 5.67. The Kier molecular flexibility index (Phi) is 8.27. The minimum Gasteiger partial charge on any atom is -0.492 e. The summed E-state index contributed by atoms with van der Waals surface area (Å²) in [5, 5.41) is 15.8. The van der Waals surface area contributed by atoms with Crippen LogP contribution in [-0.2, 0) is 22.5 Å². The number of imidazole rings is 1. The molecule has 2 fully saturated rings. The molecule has 1 saturated carbocycles. The number of alkyl halides is 1. The predicted molar refractivity (Wildman–Crippen MR) is 170 cm³/mol. The summed E-state index contributed by atoms with van der Waals surface area (Å²) in [6, 6.07) is 8.48. The first-order valence-electron chi connectivity index (χ1n) is 15.6. The minimum absolute atomic E-state index is 0.0992. The molecule has 2 atom stereocenters. The molecular formula is C33H36Cl2FN5O4. The van der Waals surface area contributed by atoms with Crippen LogP contribution in [0.1, 0.15) is 50.0 Å². The van der Waals surface area contributed by atoms with Crippen LogP contribution in [0.2, 0.25) is 10.0 Å². The fraction of sp³-hybridized carbons (Fsp3) is 0.485. The molecule has 2 aromatic carbocycles. The third-order valence-corrected chi connectivity index (χ3v) is 10.3. The monoisotopic (exact) mass is 655 g/mol. The van der Waals surface area contributed by atoms with Crippen molar-refractivity contribution in [2.45, 2.75) is 63.9 Å². The lowest BCUT2D eigenvalue weighted by molar-refractivity contribution is -0.146. The standard InChI is InChI=1S/C33H36Cl2FN5O4/c1-2-44-32(43)31(30-27-13-21(36)17-40(27)19-37-30)41-18-25-26(34)14-24(28(35)29(25)38-41)20-3-5-23(6-4-20)45-12-11-39-9-7-33(8-10-39)15-22(42)16-33/h3-6,14,18-19,21-22,31,42H,2,7-13,15-17H2,1H3/t21-,31?/m1/s1. The van der Waals surface area contributed by atoms with Crippen molar-refractivity contribution in [3.8, 4) is 16.9 Å². The first-order valence-corrected chi connectivity index (χ1v) is 16.3. The number of piperidine rings is 1. The van der Waals surface area contributed by atoms with Crippen LogP contribution in [0.4, 0.5) is 4.39 Å². The summed E-state index contributed by atoms with van der Waals surface area (Å²) in [7, 11) is 0. The molecule has 0 radical (unpaired) electrons. The summed E-state index contributed by atoms with van der Waals surface area (Å²) in [6.07, 6.45) is 6.47. The molecule has 238 valence electrons. The molecule has 45 heavy (non-hydrogen) atoms. The van der Waals surface area contributed by atoms with E-state index in [1.807, 2.05) is 24.3 Å². The van der Waals surface area contributed by atoms with E-state index < -0.39 is 18.2 Å². The van der Waals surface area contributed by atoms with Crippen LogP contribution < -0.4 is 4.74 Å². The zero-order valence-corrected chi connectivity index (χ0v) is 26.6. The SMILES string of the molecule is CCOC(=O)C(c1ncn2c1C[C@@H](F)C2)n1cc2c(Cl)cc(-c3ccc(OCCN4CCC5(CC4)CC(O)C5)cc3)c(Cl)c2n1. The Morgan fingerprint density at radius 3 is 2.67 bits per heavy atom. The van der Waals surface area contributed by atoms with Crippen molar-refractivity contribution in [1.29, 1.82) is 0 Å². The largest absolute Gasteiger partial charge is 0.492 e. The van der Waals surface area contributed by atoms with E-state index in [0.717, 1.165) is 56.6 Å². The van der Waals surface area contributed by atoms with E-state index in [9.17, 15) is 14.3 Å². The topological polar surface area (TPSA) is 94.6 Å². The zero-order chi connectivity index (χ0) is 31.3. The molecule has 4 heterocycles. The van der Waals surface area contributed by atoms with Gasteiger partial charge < -0.3 is 19.1 Å². The highest BCUT2D eigenvalue weighted by molar-refractivity contribution is 6.42. The number of esters is 1. The molecule has 2 aliphatic heterocycles. The quantitative estimate of drug-likeness (QED) is 0.225. The maximum absolute atomic E-state index is 14.2. The van der Waals surface area contributed by atoms with E-state index in [0.29, 0.717) is 49.9 Å². The molecule has 9 nitrogen and oxygen atoms in total. The maximum Gasteiger partial charge on any atom is 0.337 e. The van der Waals surface area contributed by atoms with Crippen molar-refractivity contribution in [1.82, 2.24) is 24.2 Å². The highest BCUT2D eigenvalue weighted by Crippen LogP contribution is 2.49. The number of halogens is 3. The van der Waals surface area contributed by atoms with Gasteiger partial charge >= 0.3 is 5.97 Å². The Labute approximate surface area is 270 Å². The normalized spacial score (nSPS) is 20.3. The van der Waals surface area contributed by atoms with Crippen molar-refractivity contribution in [2.75, 3.05) is 32.8 Å². The van der Waals surface area contributed by atoms with E-state index in [1.54, 1.807) is 30.1 Å². The lowest BCUT2D eigenvalue weighted by atomic mass is 9.61. The number of aromatic nitrogens is 4. The number of rotatable bonds is 9. The summed E-state index contributed by atoms with van der Waals surface area (Å²) in [5.41, 5.74) is 3.42. The average molecular weight is 657 g/mol. The number of carbonyl (C=O) groups is 1. The van der Waals surface area contributed by atoms with Crippen LogP contribution in [0, 0.1) is 5.41 Å². The second-order valence-corrected chi connectivity index (χ2v) is 13.3. The molecule has 1 unspecified atom stereocenters. The Morgan fingerprint density at radius 2 is 1.96 bits per heavy atom. The summed E-state index contributed by atoms with van der Waals surface area (Å²) in [4.78, 5) is 20.1. The Balaban J connectivity index is 1.07. The number of ether oxygens (including phenoxy) is 2. The van der Waals surface area contributed by atoms with Crippen LogP contribution in [0.15, 0.2) is 42.9 Å². The minimum atomic E-state index is -1.03. The molecule has 2 aromatic heterocycles. The van der Waals surface area contributed by atoms with Gasteiger partial charge in [-0.2, -0.15) is 5.10 Å². The zero-order valence-electron chi connectivity index (χ0n) is 25.1. The van der Waals surface area contributed by atoms with Gasteiger partial charge in [0.1, 0.15) is 24.0 Å². The molecular weight excluding hydrogens is 620 g/mol. The number of benzene rings is 2. The molecule has 12 heteroatoms. The molecule has 1 aliphatic carbocycles. The third kappa shape index (κ3) is 5.82. The van der Waals surface area contributed by atoms with Gasteiger partial charge in [-0.1, -0.05) is 35.3 Å². The first-order chi connectivity index (χ1) is 21.7. The van der Waals surface area contributed by atoms with Gasteiger partial charge in [-0.3, -0.25) is 9.58 Å². The van der Waals surface area contributed by atoms with Gasteiger partial charge in [-0.05, 0) is 74.9 Å². The number of fused-ring (bicyclic) bond motifs is 2. The lowest BCUT2D eigenvalue weighted by Crippen LogP contribution is -2.49. The van der Waals surface area contributed by atoms with Gasteiger partial charge in [-0.25, -0.2) is 14.2 Å². The molecule has 4 aromatic rings. The number of aliphatic hydroxyl groups excluding tert-OH is 1. The van der Waals surface area contributed by atoms with E-state index >= 15 is 0 Å². The molecule has 0 bridgehead atoms. The number of hydrogen-bond donors (Lipinski definition) is 1. The van der Waals surface area contributed by atoms with Crippen LogP contribution in [0.25, 0.3) is 22.0 Å². The average Bonchev–Trinajstić information content (AvgIpc) is 3.72. The first kappa shape index (κ1) is 30.5. The van der Waals surface area contributed by atoms with Gasteiger partial charge in [0.2, 0.25) is 0 Å². The molecule has 1 saturated heterocycles. The van der Waals surface area contributed by atoms with Gasteiger partial charge in [0, 0.05) is 35.8 Å². The molecule has 0 amide bonds. The van der Waals surface area contributed by atoms with Gasteiger partial charge in [0.05, 0.1) is 41.3 Å². The second kappa shape index (κ2) is 12.2. The van der Waals surface area contributed by atoms with Crippen molar-refractivity contribution >= 4 is 40.1 Å². The summed E-state index contributed by atoms with van der Waals surface area (Å²) < 4.78 is 28.8. The molecule has 1 spiro atoms. The third-order valence-electron chi connectivity index (χ3n) is 9.62. The second-order valence-electron chi connectivity index (χ2n) is 12.6. The fourth-order valence-electron chi connectivity index (χ4n) is 7.17. The molecule has 7 rings (SSSR count). The molecule has 1 N–H and O–H groups in total. The van der Waals surface area contributed by atoms with Crippen molar-refractivity contribution in [3.63, 3.8) is 0 Å². The fourth-order valence-corrected chi connectivity index (χ4v) is 7.72. The van der Waals surface area contributed by atoms with Crippen molar-refractivity contribution < 1.29 is 23.8 Å². The van der Waals surface area contributed by atoms with Crippen molar-refractivity contribution in [3.05, 3.63) is 64.3 Å². The highest BCUT2D eigenvalue weighted by Gasteiger charge is 2.45. The van der Waals surface area contributed by atoms with Crippen LogP contribution >= 0.6 is 23.2 Å². The Bertz CT molecular complexity index is 1710. The molecule has 3 aliphatic rings. The number of hydrogen-bond acceptors (Lipinski definition) is 7. The van der Waals surface area contributed by atoms with Gasteiger partial charge in [0.15, 0.2) is 6.04 Å². The van der Waals surface area contributed by atoms with Crippen LogP contribution in [0.5, 0.6) is 5.75 Å². The van der Waals surface area contributed by atoms with Gasteiger partial charge in [-0.15, -0.1) is 0 Å². The van der Waals surface area contributed by atoms with Crippen molar-refractivity contribution in [2.24, 2.45) is 5.41 Å². The number of carbonyl (C=O) groups excluding carboxylic acids is 1. The summed E-state index contributed by atoms with van der Waals surface area (Å²) in [5.74, 6) is 0.224. The van der Waals surface area contributed by atoms with Gasteiger partial charge in [0.25, 0.3) is 0 Å². The number of nitrogens with zero attached hydrogens (tertiary/aromatic N) is 5. The number of aliphatic hydroxyl groups is 1. The number of likely N-dealkylation sites (tertiary alicyclic amines) is 1.